The van der Waals surface area contributed by atoms with Crippen LogP contribution in [0.15, 0.2) is 24.3 Å². The van der Waals surface area contributed by atoms with Crippen LogP contribution in [0.3, 0.4) is 0 Å². The van der Waals surface area contributed by atoms with Crippen LogP contribution in [-0.4, -0.2) is 0 Å². The standard InChI is InChI=1S/C16H24/c1-13-5-3-7-15(11-13)9-10-16-8-4-6-14(2)12-16/h3,5,7,11,14,16H,4,6,8-10,12H2,1-2H3. The van der Waals surface area contributed by atoms with Gasteiger partial charge in [0.15, 0.2) is 0 Å². The summed E-state index contributed by atoms with van der Waals surface area (Å²) in [5.41, 5.74) is 2.92. The molecule has 1 saturated carbocycles. The number of hydrogen-bond donors (Lipinski definition) is 0. The van der Waals surface area contributed by atoms with E-state index in [0.717, 1.165) is 11.8 Å². The normalized spacial score (nSPS) is 25.6. The molecule has 0 N–H and O–H groups in total. The van der Waals surface area contributed by atoms with Crippen LogP contribution in [-0.2, 0) is 6.42 Å². The number of rotatable bonds is 3. The molecule has 0 radical (unpaired) electrons. The first-order valence-electron chi connectivity index (χ1n) is 6.79. The van der Waals surface area contributed by atoms with E-state index in [1.54, 1.807) is 0 Å². The van der Waals surface area contributed by atoms with Crippen LogP contribution in [0.2, 0.25) is 0 Å². The van der Waals surface area contributed by atoms with Crippen LogP contribution in [0.5, 0.6) is 0 Å². The molecule has 2 unspecified atom stereocenters. The Morgan fingerprint density at radius 2 is 2.12 bits per heavy atom. The van der Waals surface area contributed by atoms with Gasteiger partial charge in [0.2, 0.25) is 0 Å². The van der Waals surface area contributed by atoms with E-state index in [0.29, 0.717) is 0 Å². The summed E-state index contributed by atoms with van der Waals surface area (Å²) in [6.45, 7) is 4.60. The highest BCUT2D eigenvalue weighted by molar-refractivity contribution is 5.22. The summed E-state index contributed by atoms with van der Waals surface area (Å²) in [6, 6.07) is 8.99. The van der Waals surface area contributed by atoms with E-state index in [1.807, 2.05) is 0 Å². The van der Waals surface area contributed by atoms with Crippen molar-refractivity contribution in [2.45, 2.75) is 52.4 Å². The molecule has 0 heterocycles. The van der Waals surface area contributed by atoms with Crippen LogP contribution >= 0.6 is 0 Å². The maximum atomic E-state index is 2.42. The first kappa shape index (κ1) is 11.7. The molecule has 1 aliphatic carbocycles. The van der Waals surface area contributed by atoms with E-state index in [9.17, 15) is 0 Å². The third-order valence-corrected chi connectivity index (χ3v) is 3.97. The van der Waals surface area contributed by atoms with Gasteiger partial charge < -0.3 is 0 Å². The van der Waals surface area contributed by atoms with Crippen molar-refractivity contribution in [2.24, 2.45) is 11.8 Å². The number of benzene rings is 1. The lowest BCUT2D eigenvalue weighted by atomic mass is 9.80. The highest BCUT2D eigenvalue weighted by Gasteiger charge is 2.18. The topological polar surface area (TPSA) is 0 Å². The largest absolute Gasteiger partial charge is 0.0625 e. The molecule has 1 aliphatic rings. The first-order valence-corrected chi connectivity index (χ1v) is 6.79. The van der Waals surface area contributed by atoms with Gasteiger partial charge in [0.05, 0.1) is 0 Å². The predicted octanol–water partition coefficient (Wildman–Crippen LogP) is 4.75. The summed E-state index contributed by atoms with van der Waals surface area (Å²) in [4.78, 5) is 0. The maximum absolute atomic E-state index is 2.42. The fourth-order valence-corrected chi connectivity index (χ4v) is 3.06. The minimum Gasteiger partial charge on any atom is -0.0625 e. The van der Waals surface area contributed by atoms with Gasteiger partial charge in [0, 0.05) is 0 Å². The average Bonchev–Trinajstić information content (AvgIpc) is 2.27. The summed E-state index contributed by atoms with van der Waals surface area (Å²) >= 11 is 0. The monoisotopic (exact) mass is 216 g/mol. The Labute approximate surface area is 100 Å². The van der Waals surface area contributed by atoms with Gasteiger partial charge in [-0.2, -0.15) is 0 Å². The highest BCUT2D eigenvalue weighted by Crippen LogP contribution is 2.31. The molecule has 2 rings (SSSR count). The van der Waals surface area contributed by atoms with Crippen LogP contribution in [0.25, 0.3) is 0 Å². The molecule has 0 aliphatic heterocycles. The molecule has 88 valence electrons. The maximum Gasteiger partial charge on any atom is -0.0276 e. The molecule has 1 aromatic rings. The molecule has 0 nitrogen and oxygen atoms in total. The van der Waals surface area contributed by atoms with E-state index in [1.165, 1.54) is 49.7 Å². The van der Waals surface area contributed by atoms with Crippen molar-refractivity contribution in [3.63, 3.8) is 0 Å². The van der Waals surface area contributed by atoms with Crippen molar-refractivity contribution >= 4 is 0 Å². The Balaban J connectivity index is 1.82. The molecular weight excluding hydrogens is 192 g/mol. The van der Waals surface area contributed by atoms with Gasteiger partial charge in [0.25, 0.3) is 0 Å². The zero-order valence-corrected chi connectivity index (χ0v) is 10.7. The molecule has 16 heavy (non-hydrogen) atoms. The number of aryl methyl sites for hydroxylation is 2. The summed E-state index contributed by atoms with van der Waals surface area (Å²) in [6.07, 6.45) is 8.52. The Bertz CT molecular complexity index is 327. The Hall–Kier alpha value is -0.780. The van der Waals surface area contributed by atoms with Crippen LogP contribution in [0, 0.1) is 18.8 Å². The summed E-state index contributed by atoms with van der Waals surface area (Å²) in [7, 11) is 0. The second-order valence-corrected chi connectivity index (χ2v) is 5.67. The van der Waals surface area contributed by atoms with Gasteiger partial charge in [0.1, 0.15) is 0 Å². The molecule has 0 spiro atoms. The molecule has 0 aromatic heterocycles. The minimum atomic E-state index is 0.969. The lowest BCUT2D eigenvalue weighted by Gasteiger charge is -2.26. The summed E-state index contributed by atoms with van der Waals surface area (Å²) < 4.78 is 0. The van der Waals surface area contributed by atoms with Crippen LogP contribution in [0.4, 0.5) is 0 Å². The van der Waals surface area contributed by atoms with Gasteiger partial charge in [-0.15, -0.1) is 0 Å². The smallest absolute Gasteiger partial charge is 0.0276 e. The number of hydrogen-bond acceptors (Lipinski definition) is 0. The second kappa shape index (κ2) is 5.52. The fourth-order valence-electron chi connectivity index (χ4n) is 3.06. The van der Waals surface area contributed by atoms with Crippen molar-refractivity contribution in [1.29, 1.82) is 0 Å². The zero-order valence-electron chi connectivity index (χ0n) is 10.7. The van der Waals surface area contributed by atoms with Crippen LogP contribution < -0.4 is 0 Å². The van der Waals surface area contributed by atoms with Gasteiger partial charge in [-0.25, -0.2) is 0 Å². The van der Waals surface area contributed by atoms with Gasteiger partial charge in [-0.3, -0.25) is 0 Å². The van der Waals surface area contributed by atoms with Gasteiger partial charge in [-0.1, -0.05) is 56.0 Å². The fraction of sp³-hybridized carbons (Fsp3) is 0.625. The van der Waals surface area contributed by atoms with Crippen molar-refractivity contribution in [1.82, 2.24) is 0 Å². The van der Waals surface area contributed by atoms with E-state index < -0.39 is 0 Å². The van der Waals surface area contributed by atoms with E-state index >= 15 is 0 Å². The van der Waals surface area contributed by atoms with Crippen molar-refractivity contribution < 1.29 is 0 Å². The molecule has 1 aromatic carbocycles. The lowest BCUT2D eigenvalue weighted by molar-refractivity contribution is 0.270. The Morgan fingerprint density at radius 3 is 2.88 bits per heavy atom. The molecule has 0 bridgehead atoms. The molecule has 0 saturated heterocycles. The SMILES string of the molecule is Cc1cccc(CCC2CCCC(C)C2)c1. The third kappa shape index (κ3) is 3.37. The third-order valence-electron chi connectivity index (χ3n) is 3.97. The van der Waals surface area contributed by atoms with Gasteiger partial charge in [-0.05, 0) is 43.6 Å². The Kier molecular flexibility index (Phi) is 4.04. The highest BCUT2D eigenvalue weighted by atomic mass is 14.2. The Morgan fingerprint density at radius 1 is 1.25 bits per heavy atom. The molecule has 2 atom stereocenters. The van der Waals surface area contributed by atoms with Crippen LogP contribution in [0.1, 0.15) is 50.2 Å². The molecule has 0 amide bonds. The van der Waals surface area contributed by atoms with E-state index in [-0.39, 0.29) is 0 Å². The minimum absolute atomic E-state index is 0.969. The quantitative estimate of drug-likeness (QED) is 0.683. The molecule has 1 fully saturated rings. The molecular formula is C16H24. The summed E-state index contributed by atoms with van der Waals surface area (Å²) in [5.74, 6) is 1.96. The average molecular weight is 216 g/mol. The first-order chi connectivity index (χ1) is 7.74. The zero-order chi connectivity index (χ0) is 11.4. The van der Waals surface area contributed by atoms with E-state index in [2.05, 4.69) is 38.1 Å². The second-order valence-electron chi connectivity index (χ2n) is 5.67. The van der Waals surface area contributed by atoms with Crippen molar-refractivity contribution in [3.05, 3.63) is 35.4 Å². The molecule has 0 heteroatoms. The summed E-state index contributed by atoms with van der Waals surface area (Å²) in [5, 5.41) is 0. The van der Waals surface area contributed by atoms with Gasteiger partial charge >= 0.3 is 0 Å². The van der Waals surface area contributed by atoms with E-state index in [4.69, 9.17) is 0 Å². The van der Waals surface area contributed by atoms with Crippen molar-refractivity contribution in [2.75, 3.05) is 0 Å². The predicted molar refractivity (Wildman–Crippen MR) is 70.6 cm³/mol. The van der Waals surface area contributed by atoms with Crippen molar-refractivity contribution in [3.8, 4) is 0 Å². The lowest BCUT2D eigenvalue weighted by Crippen LogP contribution is -2.13.